The Balaban J connectivity index is 1.93. The van der Waals surface area contributed by atoms with E-state index in [-0.39, 0.29) is 11.2 Å². The lowest BCUT2D eigenvalue weighted by Crippen LogP contribution is -2.31. The van der Waals surface area contributed by atoms with Crippen LogP contribution in [0.4, 0.5) is 0 Å². The predicted molar refractivity (Wildman–Crippen MR) is 73.9 cm³/mol. The van der Waals surface area contributed by atoms with Gasteiger partial charge < -0.3 is 0 Å². The zero-order valence-electron chi connectivity index (χ0n) is 9.55. The molecule has 6 heteroatoms. The van der Waals surface area contributed by atoms with Crippen LogP contribution >= 0.6 is 23.4 Å². The third-order valence-corrected chi connectivity index (χ3v) is 4.06. The average molecular weight is 280 g/mol. The summed E-state index contributed by atoms with van der Waals surface area (Å²) in [6.45, 7) is 1.88. The number of fused-ring (bicyclic) bond motifs is 1. The van der Waals surface area contributed by atoms with Crippen LogP contribution < -0.4 is 5.43 Å². The summed E-state index contributed by atoms with van der Waals surface area (Å²) in [5, 5.41) is 5.51. The van der Waals surface area contributed by atoms with Crippen LogP contribution in [0.5, 0.6) is 0 Å². The van der Waals surface area contributed by atoms with Crippen molar-refractivity contribution in [2.24, 2.45) is 5.10 Å². The van der Waals surface area contributed by atoms with Crippen molar-refractivity contribution in [3.63, 3.8) is 0 Å². The third kappa shape index (κ3) is 1.89. The fourth-order valence-corrected chi connectivity index (χ4v) is 2.80. The number of carbonyl (C=O) groups excluding carboxylic acids is 1. The number of hydrazone groups is 1. The number of amides is 1. The van der Waals surface area contributed by atoms with E-state index in [0.717, 1.165) is 11.3 Å². The maximum absolute atomic E-state index is 11.9. The van der Waals surface area contributed by atoms with Gasteiger partial charge in [-0.15, -0.1) is 5.10 Å². The molecule has 1 fully saturated rings. The number of benzene rings is 1. The van der Waals surface area contributed by atoms with Gasteiger partial charge in [0.15, 0.2) is 5.17 Å². The molecule has 1 saturated heterocycles. The molecule has 1 amide bonds. The molecule has 0 radical (unpaired) electrons. The molecule has 3 rings (SSSR count). The monoisotopic (exact) mass is 279 g/mol. The van der Waals surface area contributed by atoms with Gasteiger partial charge in [0.05, 0.1) is 10.9 Å². The van der Waals surface area contributed by atoms with E-state index in [0.29, 0.717) is 10.2 Å². The lowest BCUT2D eigenvalue weighted by atomic mass is 10.1. The van der Waals surface area contributed by atoms with Crippen molar-refractivity contribution in [2.45, 2.75) is 12.2 Å². The standard InChI is InChI=1S/C12H10ClN3OS/c1-7-11(17)16-6-10(14-15-12(16)18-7)8-2-4-9(13)5-3-8/h2-7,14H,1H3. The molecule has 0 spiro atoms. The van der Waals surface area contributed by atoms with Crippen LogP contribution in [-0.2, 0) is 4.79 Å². The van der Waals surface area contributed by atoms with Crippen LogP contribution in [0, 0.1) is 0 Å². The van der Waals surface area contributed by atoms with Crippen molar-refractivity contribution in [3.8, 4) is 0 Å². The fourth-order valence-electron chi connectivity index (χ4n) is 1.79. The Bertz CT molecular complexity index is 567. The summed E-state index contributed by atoms with van der Waals surface area (Å²) < 4.78 is 0. The molecule has 4 nitrogen and oxygen atoms in total. The van der Waals surface area contributed by atoms with Gasteiger partial charge in [-0.1, -0.05) is 35.5 Å². The topological polar surface area (TPSA) is 44.7 Å². The quantitative estimate of drug-likeness (QED) is 0.859. The number of hydrogen-bond donors (Lipinski definition) is 1. The molecular weight excluding hydrogens is 270 g/mol. The number of halogens is 1. The lowest BCUT2D eigenvalue weighted by molar-refractivity contribution is -0.124. The Hall–Kier alpha value is -1.46. The second-order valence-electron chi connectivity index (χ2n) is 4.02. The van der Waals surface area contributed by atoms with E-state index in [1.165, 1.54) is 11.8 Å². The number of nitrogens with zero attached hydrogens (tertiary/aromatic N) is 2. The number of rotatable bonds is 1. The first-order chi connectivity index (χ1) is 8.65. The molecular formula is C12H10ClN3OS. The number of carbonyl (C=O) groups is 1. The Morgan fingerprint density at radius 1 is 1.39 bits per heavy atom. The first-order valence-corrected chi connectivity index (χ1v) is 6.72. The van der Waals surface area contributed by atoms with E-state index in [4.69, 9.17) is 11.6 Å². The first kappa shape index (κ1) is 11.6. The van der Waals surface area contributed by atoms with Crippen LogP contribution in [-0.4, -0.2) is 21.2 Å². The Morgan fingerprint density at radius 3 is 2.83 bits per heavy atom. The predicted octanol–water partition coefficient (Wildman–Crippen LogP) is 2.48. The molecule has 1 atom stereocenters. The zero-order valence-corrected chi connectivity index (χ0v) is 11.1. The van der Waals surface area contributed by atoms with Crippen molar-refractivity contribution in [3.05, 3.63) is 41.1 Å². The van der Waals surface area contributed by atoms with Crippen molar-refractivity contribution in [2.75, 3.05) is 0 Å². The summed E-state index contributed by atoms with van der Waals surface area (Å²) in [7, 11) is 0. The van der Waals surface area contributed by atoms with Crippen molar-refractivity contribution >= 4 is 40.1 Å². The van der Waals surface area contributed by atoms with E-state index in [1.54, 1.807) is 11.1 Å². The maximum Gasteiger partial charge on any atom is 0.246 e. The molecule has 1 aromatic carbocycles. The molecule has 2 aliphatic rings. The normalized spacial score (nSPS) is 22.2. The minimum Gasteiger partial charge on any atom is -0.274 e. The highest BCUT2D eigenvalue weighted by molar-refractivity contribution is 8.15. The second kappa shape index (κ2) is 4.33. The molecule has 2 heterocycles. The third-order valence-electron chi connectivity index (χ3n) is 2.76. The van der Waals surface area contributed by atoms with E-state index < -0.39 is 0 Å². The summed E-state index contributed by atoms with van der Waals surface area (Å²) in [4.78, 5) is 13.5. The van der Waals surface area contributed by atoms with Crippen molar-refractivity contribution in [1.29, 1.82) is 0 Å². The van der Waals surface area contributed by atoms with Gasteiger partial charge in [0.25, 0.3) is 0 Å². The van der Waals surface area contributed by atoms with Gasteiger partial charge in [-0.3, -0.25) is 15.1 Å². The van der Waals surface area contributed by atoms with Gasteiger partial charge in [-0.2, -0.15) is 0 Å². The molecule has 0 aliphatic carbocycles. The molecule has 1 unspecified atom stereocenters. The minimum absolute atomic E-state index is 0.0618. The molecule has 18 heavy (non-hydrogen) atoms. The van der Waals surface area contributed by atoms with Crippen LogP contribution in [0.15, 0.2) is 35.6 Å². The minimum atomic E-state index is -0.0774. The molecule has 2 aliphatic heterocycles. The average Bonchev–Trinajstić information content (AvgIpc) is 2.66. The van der Waals surface area contributed by atoms with Crippen LogP contribution in [0.1, 0.15) is 12.5 Å². The van der Waals surface area contributed by atoms with Crippen LogP contribution in [0.2, 0.25) is 5.02 Å². The maximum atomic E-state index is 11.9. The smallest absolute Gasteiger partial charge is 0.246 e. The molecule has 1 N–H and O–H groups in total. The second-order valence-corrected chi connectivity index (χ2v) is 5.77. The zero-order chi connectivity index (χ0) is 12.7. The Kier molecular flexibility index (Phi) is 2.80. The summed E-state index contributed by atoms with van der Waals surface area (Å²) >= 11 is 7.30. The molecule has 1 aromatic rings. The summed E-state index contributed by atoms with van der Waals surface area (Å²) in [6.07, 6.45) is 1.78. The molecule has 0 bridgehead atoms. The van der Waals surface area contributed by atoms with Gasteiger partial charge in [-0.25, -0.2) is 0 Å². The summed E-state index contributed by atoms with van der Waals surface area (Å²) in [5.74, 6) is 0.0618. The Morgan fingerprint density at radius 2 is 2.11 bits per heavy atom. The van der Waals surface area contributed by atoms with Gasteiger partial charge in [-0.05, 0) is 19.1 Å². The van der Waals surface area contributed by atoms with Gasteiger partial charge in [0.2, 0.25) is 5.91 Å². The van der Waals surface area contributed by atoms with E-state index in [2.05, 4.69) is 10.5 Å². The largest absolute Gasteiger partial charge is 0.274 e. The highest BCUT2D eigenvalue weighted by Gasteiger charge is 2.36. The fraction of sp³-hybridized carbons (Fsp3) is 0.167. The summed E-state index contributed by atoms with van der Waals surface area (Å²) in [5.41, 5.74) is 4.69. The van der Waals surface area contributed by atoms with Gasteiger partial charge in [0, 0.05) is 16.8 Å². The van der Waals surface area contributed by atoms with Crippen LogP contribution in [0.3, 0.4) is 0 Å². The first-order valence-electron chi connectivity index (χ1n) is 5.46. The van der Waals surface area contributed by atoms with E-state index in [1.807, 2.05) is 31.2 Å². The van der Waals surface area contributed by atoms with Crippen LogP contribution in [0.25, 0.3) is 5.70 Å². The van der Waals surface area contributed by atoms with E-state index in [9.17, 15) is 4.79 Å². The van der Waals surface area contributed by atoms with Gasteiger partial charge in [0.1, 0.15) is 0 Å². The number of hydrogen-bond acceptors (Lipinski definition) is 4. The number of amidine groups is 1. The van der Waals surface area contributed by atoms with Crippen molar-refractivity contribution in [1.82, 2.24) is 10.3 Å². The lowest BCUT2D eigenvalue weighted by Gasteiger charge is -2.19. The molecule has 0 aromatic heterocycles. The number of nitrogens with one attached hydrogen (secondary N) is 1. The SMILES string of the molecule is CC1SC2=NNC(c3ccc(Cl)cc3)=CN2C1=O. The molecule has 0 saturated carbocycles. The van der Waals surface area contributed by atoms with Crippen molar-refractivity contribution < 1.29 is 4.79 Å². The highest BCUT2D eigenvalue weighted by atomic mass is 35.5. The summed E-state index contributed by atoms with van der Waals surface area (Å²) in [6, 6.07) is 7.39. The number of thioether (sulfide) groups is 1. The Labute approximate surface area is 114 Å². The highest BCUT2D eigenvalue weighted by Crippen LogP contribution is 2.30. The molecule has 92 valence electrons. The van der Waals surface area contributed by atoms with E-state index >= 15 is 0 Å². The van der Waals surface area contributed by atoms with Gasteiger partial charge >= 0.3 is 0 Å².